The zero-order valence-electron chi connectivity index (χ0n) is 14.0. The van der Waals surface area contributed by atoms with E-state index >= 15 is 0 Å². The van der Waals surface area contributed by atoms with Crippen molar-refractivity contribution >= 4 is 27.1 Å². The van der Waals surface area contributed by atoms with Crippen molar-refractivity contribution in [3.05, 3.63) is 21.9 Å². The first-order chi connectivity index (χ1) is 11.4. The zero-order valence-corrected chi connectivity index (χ0v) is 15.7. The molecule has 24 heavy (non-hydrogen) atoms. The van der Waals surface area contributed by atoms with Crippen molar-refractivity contribution < 1.29 is 13.2 Å². The number of hydrogen-bond acceptors (Lipinski definition) is 5. The molecule has 4 heterocycles. The molecule has 3 fully saturated rings. The van der Waals surface area contributed by atoms with Gasteiger partial charge in [0.25, 0.3) is 5.91 Å². The Balaban J connectivity index is 1.49. The molecule has 0 bridgehead atoms. The zero-order chi connectivity index (χ0) is 16.9. The third kappa shape index (κ3) is 2.52. The summed E-state index contributed by atoms with van der Waals surface area (Å²) >= 11 is 1.48. The summed E-state index contributed by atoms with van der Waals surface area (Å²) in [6.45, 7) is 5.78. The molecule has 0 aromatic carbocycles. The smallest absolute Gasteiger partial charge is 0.264 e. The van der Waals surface area contributed by atoms with Crippen LogP contribution in [-0.2, 0) is 9.84 Å². The van der Waals surface area contributed by atoms with E-state index in [1.54, 1.807) is 4.90 Å². The maximum absolute atomic E-state index is 12.7. The van der Waals surface area contributed by atoms with Crippen LogP contribution in [-0.4, -0.2) is 67.3 Å². The molecule has 4 rings (SSSR count). The van der Waals surface area contributed by atoms with Gasteiger partial charge in [0.05, 0.1) is 10.6 Å². The monoisotopic (exact) mass is 368 g/mol. The van der Waals surface area contributed by atoms with Crippen LogP contribution in [0.1, 0.15) is 33.8 Å². The van der Waals surface area contributed by atoms with Crippen LogP contribution in [0, 0.1) is 12.8 Å². The number of sulfone groups is 1. The van der Waals surface area contributed by atoms with Crippen LogP contribution in [0.2, 0.25) is 0 Å². The molecule has 5 nitrogen and oxygen atoms in total. The predicted octanol–water partition coefficient (Wildman–Crippen LogP) is 1.78. The Morgan fingerprint density at radius 1 is 1.29 bits per heavy atom. The Kier molecular flexibility index (Phi) is 4.01. The molecule has 7 heteroatoms. The van der Waals surface area contributed by atoms with Crippen molar-refractivity contribution in [2.24, 2.45) is 5.92 Å². The second-order valence-electron chi connectivity index (χ2n) is 7.45. The molecule has 1 amide bonds. The second-order valence-corrected chi connectivity index (χ2v) is 11.2. The Morgan fingerprint density at radius 2 is 2.00 bits per heavy atom. The fraction of sp³-hybridized carbons (Fsp3) is 0.706. The highest BCUT2D eigenvalue weighted by molar-refractivity contribution is 7.93. The van der Waals surface area contributed by atoms with Crippen LogP contribution in [0.4, 0.5) is 0 Å². The maximum Gasteiger partial charge on any atom is 0.264 e. The first kappa shape index (κ1) is 16.5. The van der Waals surface area contributed by atoms with E-state index in [1.165, 1.54) is 24.2 Å². The summed E-state index contributed by atoms with van der Waals surface area (Å²) in [4.78, 5) is 18.5. The van der Waals surface area contributed by atoms with Crippen LogP contribution >= 0.6 is 11.3 Å². The molecule has 0 N–H and O–H groups in total. The number of aryl methyl sites for hydroxylation is 1. The highest BCUT2D eigenvalue weighted by Gasteiger charge is 2.62. The second kappa shape index (κ2) is 5.81. The molecule has 1 aromatic rings. The lowest BCUT2D eigenvalue weighted by molar-refractivity contribution is 0.0437. The largest absolute Gasteiger partial charge is 0.335 e. The number of carbonyl (C=O) groups is 1. The molecule has 0 aliphatic carbocycles. The Labute approximate surface area is 147 Å². The van der Waals surface area contributed by atoms with Crippen LogP contribution in [0.25, 0.3) is 0 Å². The van der Waals surface area contributed by atoms with E-state index in [-0.39, 0.29) is 17.6 Å². The lowest BCUT2D eigenvalue weighted by Crippen LogP contribution is -2.69. The van der Waals surface area contributed by atoms with Crippen molar-refractivity contribution in [1.29, 1.82) is 0 Å². The van der Waals surface area contributed by atoms with Gasteiger partial charge in [-0.3, -0.25) is 4.79 Å². The number of rotatable bonds is 3. The number of hydrogen-bond donors (Lipinski definition) is 0. The van der Waals surface area contributed by atoms with E-state index in [0.717, 1.165) is 30.9 Å². The van der Waals surface area contributed by atoms with E-state index < -0.39 is 14.6 Å². The molecule has 1 unspecified atom stereocenters. The SMILES string of the molecule is Cc1ccc(C(=O)N2CC3(C2)C(CN2CCCC2)CCS3(=O)=O)s1. The lowest BCUT2D eigenvalue weighted by atomic mass is 9.82. The summed E-state index contributed by atoms with van der Waals surface area (Å²) in [7, 11) is -3.10. The van der Waals surface area contributed by atoms with Gasteiger partial charge in [0.15, 0.2) is 9.84 Å². The number of likely N-dealkylation sites (tertiary alicyclic amines) is 2. The molecular weight excluding hydrogens is 344 g/mol. The number of amides is 1. The molecule has 1 spiro atoms. The van der Waals surface area contributed by atoms with Gasteiger partial charge in [0.1, 0.15) is 4.75 Å². The molecule has 1 atom stereocenters. The van der Waals surface area contributed by atoms with Crippen LogP contribution in [0.15, 0.2) is 12.1 Å². The van der Waals surface area contributed by atoms with E-state index in [2.05, 4.69) is 4.90 Å². The quantitative estimate of drug-likeness (QED) is 0.816. The van der Waals surface area contributed by atoms with Gasteiger partial charge in [-0.05, 0) is 57.3 Å². The molecular formula is C17H24N2O3S2. The van der Waals surface area contributed by atoms with Crippen molar-refractivity contribution in [2.75, 3.05) is 38.5 Å². The van der Waals surface area contributed by atoms with E-state index in [4.69, 9.17) is 0 Å². The molecule has 1 aromatic heterocycles. The minimum Gasteiger partial charge on any atom is -0.335 e. The predicted molar refractivity (Wildman–Crippen MR) is 95.3 cm³/mol. The van der Waals surface area contributed by atoms with Gasteiger partial charge in [-0.2, -0.15) is 0 Å². The van der Waals surface area contributed by atoms with E-state index in [1.807, 2.05) is 19.1 Å². The average Bonchev–Trinajstić information content (AvgIpc) is 3.18. The summed E-state index contributed by atoms with van der Waals surface area (Å²) in [5, 5.41) is 0. The summed E-state index contributed by atoms with van der Waals surface area (Å²) < 4.78 is 24.7. The summed E-state index contributed by atoms with van der Waals surface area (Å²) in [5.74, 6) is 0.446. The highest BCUT2D eigenvalue weighted by Crippen LogP contribution is 2.45. The Hall–Kier alpha value is -0.920. The van der Waals surface area contributed by atoms with E-state index in [0.29, 0.717) is 18.0 Å². The van der Waals surface area contributed by atoms with Gasteiger partial charge in [0.2, 0.25) is 0 Å². The number of nitrogens with zero attached hydrogens (tertiary/aromatic N) is 2. The van der Waals surface area contributed by atoms with E-state index in [9.17, 15) is 13.2 Å². The van der Waals surface area contributed by atoms with Crippen molar-refractivity contribution in [1.82, 2.24) is 9.80 Å². The summed E-state index contributed by atoms with van der Waals surface area (Å²) in [6.07, 6.45) is 3.18. The van der Waals surface area contributed by atoms with Gasteiger partial charge in [-0.15, -0.1) is 11.3 Å². The van der Waals surface area contributed by atoms with Gasteiger partial charge in [0, 0.05) is 24.5 Å². The maximum atomic E-state index is 12.7. The van der Waals surface area contributed by atoms with Crippen molar-refractivity contribution in [3.8, 4) is 0 Å². The Bertz CT molecular complexity index is 744. The van der Waals surface area contributed by atoms with Gasteiger partial charge in [-0.1, -0.05) is 0 Å². The highest BCUT2D eigenvalue weighted by atomic mass is 32.2. The normalized spacial score (nSPS) is 28.4. The molecule has 3 saturated heterocycles. The fourth-order valence-corrected chi connectivity index (χ4v) is 7.70. The standard InChI is InChI=1S/C17H24N2O3S2/c1-13-4-5-15(23-13)16(20)19-11-17(12-19)14(6-9-24(17,21)22)10-18-7-2-3-8-18/h4-5,14H,2-3,6-12H2,1H3. The Morgan fingerprint density at radius 3 is 2.62 bits per heavy atom. The first-order valence-electron chi connectivity index (χ1n) is 8.72. The van der Waals surface area contributed by atoms with Gasteiger partial charge < -0.3 is 9.80 Å². The molecule has 0 radical (unpaired) electrons. The van der Waals surface area contributed by atoms with Crippen LogP contribution < -0.4 is 0 Å². The summed E-state index contributed by atoms with van der Waals surface area (Å²) in [6, 6.07) is 3.79. The number of carbonyl (C=O) groups excluding carboxylic acids is 1. The average molecular weight is 369 g/mol. The molecule has 0 saturated carbocycles. The minimum absolute atomic E-state index is 0.0132. The van der Waals surface area contributed by atoms with Crippen molar-refractivity contribution in [2.45, 2.75) is 30.9 Å². The lowest BCUT2D eigenvalue weighted by Gasteiger charge is -2.50. The third-order valence-corrected chi connectivity index (χ3v) is 9.52. The first-order valence-corrected chi connectivity index (χ1v) is 11.2. The molecule has 3 aliphatic rings. The molecule has 132 valence electrons. The minimum atomic E-state index is -3.10. The summed E-state index contributed by atoms with van der Waals surface area (Å²) in [5.41, 5.74) is 0. The van der Waals surface area contributed by atoms with Crippen LogP contribution in [0.3, 0.4) is 0 Å². The van der Waals surface area contributed by atoms with Gasteiger partial charge in [-0.25, -0.2) is 8.42 Å². The third-order valence-electron chi connectivity index (χ3n) is 5.93. The molecule has 3 aliphatic heterocycles. The number of thiophene rings is 1. The van der Waals surface area contributed by atoms with Crippen molar-refractivity contribution in [3.63, 3.8) is 0 Å². The fourth-order valence-electron chi connectivity index (χ4n) is 4.46. The topological polar surface area (TPSA) is 57.7 Å². The van der Waals surface area contributed by atoms with Crippen LogP contribution in [0.5, 0.6) is 0 Å². The van der Waals surface area contributed by atoms with Gasteiger partial charge >= 0.3 is 0 Å².